The van der Waals surface area contributed by atoms with Gasteiger partial charge in [0, 0.05) is 11.1 Å². The molecule has 0 bridgehead atoms. The Morgan fingerprint density at radius 3 is 2.54 bits per heavy atom. The Labute approximate surface area is 141 Å². The average Bonchev–Trinajstić information content (AvgIpc) is 2.64. The summed E-state index contributed by atoms with van der Waals surface area (Å²) in [5.41, 5.74) is 1.13. The van der Waals surface area contributed by atoms with Gasteiger partial charge in [-0.3, -0.25) is 4.79 Å². The van der Waals surface area contributed by atoms with Gasteiger partial charge in [-0.15, -0.1) is 0 Å². The molecule has 2 aromatic carbocycles. The van der Waals surface area contributed by atoms with Crippen LogP contribution < -0.4 is 9.47 Å². The molecule has 0 aliphatic rings. The van der Waals surface area contributed by atoms with Gasteiger partial charge in [-0.25, -0.2) is 0 Å². The number of nitriles is 1. The standard InChI is InChI=1S/C20H17NO3/c1-3-12-24-19-7-5-4-6-16(19)13-17(14-21)20(22)15-8-10-18(23-2)11-9-15/h3-11,13H,1,12H2,2H3/b17-13+. The second-order valence-electron chi connectivity index (χ2n) is 4.86. The molecule has 0 atom stereocenters. The van der Waals surface area contributed by atoms with Crippen molar-refractivity contribution in [3.8, 4) is 17.6 Å². The lowest BCUT2D eigenvalue weighted by molar-refractivity contribution is 0.104. The van der Waals surface area contributed by atoms with E-state index in [1.54, 1.807) is 49.6 Å². The molecule has 0 spiro atoms. The lowest BCUT2D eigenvalue weighted by Crippen LogP contribution is -2.02. The minimum absolute atomic E-state index is 0.0369. The van der Waals surface area contributed by atoms with Crippen LogP contribution in [0.2, 0.25) is 0 Å². The Balaban J connectivity index is 2.33. The number of hydrogen-bond donors (Lipinski definition) is 0. The molecule has 4 heteroatoms. The summed E-state index contributed by atoms with van der Waals surface area (Å²) in [6.07, 6.45) is 3.17. The summed E-state index contributed by atoms with van der Waals surface area (Å²) in [4.78, 5) is 12.5. The number of carbonyl (C=O) groups excluding carboxylic acids is 1. The molecule has 2 rings (SSSR count). The van der Waals surface area contributed by atoms with Crippen LogP contribution in [-0.4, -0.2) is 19.5 Å². The van der Waals surface area contributed by atoms with Gasteiger partial charge in [0.25, 0.3) is 0 Å². The number of rotatable bonds is 7. The van der Waals surface area contributed by atoms with E-state index in [9.17, 15) is 10.1 Å². The Kier molecular flexibility index (Phi) is 5.93. The molecule has 0 aromatic heterocycles. The summed E-state index contributed by atoms with van der Waals surface area (Å²) in [6, 6.07) is 15.8. The number of Topliss-reactive ketones (excluding diaryl/α,β-unsaturated/α-hetero) is 1. The van der Waals surface area contributed by atoms with Crippen LogP contribution in [0.4, 0.5) is 0 Å². The molecule has 0 radical (unpaired) electrons. The molecule has 0 unspecified atom stereocenters. The Morgan fingerprint density at radius 1 is 1.21 bits per heavy atom. The summed E-state index contributed by atoms with van der Waals surface area (Å²) < 4.78 is 10.6. The third-order valence-corrected chi connectivity index (χ3v) is 3.29. The number of ether oxygens (including phenoxy) is 2. The SMILES string of the molecule is C=CCOc1ccccc1/C=C(\C#N)C(=O)c1ccc(OC)cc1. The molecule has 0 aliphatic carbocycles. The van der Waals surface area contributed by atoms with Gasteiger partial charge in [0.1, 0.15) is 29.7 Å². The van der Waals surface area contributed by atoms with Gasteiger partial charge in [0.2, 0.25) is 5.78 Å². The van der Waals surface area contributed by atoms with E-state index < -0.39 is 0 Å². The zero-order chi connectivity index (χ0) is 17.4. The molecule has 0 aliphatic heterocycles. The number of nitrogens with zero attached hydrogens (tertiary/aromatic N) is 1. The van der Waals surface area contributed by atoms with Crippen molar-refractivity contribution in [1.82, 2.24) is 0 Å². The van der Waals surface area contributed by atoms with E-state index in [-0.39, 0.29) is 11.4 Å². The predicted octanol–water partition coefficient (Wildman–Crippen LogP) is 4.05. The van der Waals surface area contributed by atoms with Crippen LogP contribution >= 0.6 is 0 Å². The Bertz CT molecular complexity index is 798. The highest BCUT2D eigenvalue weighted by Crippen LogP contribution is 2.22. The van der Waals surface area contributed by atoms with Gasteiger partial charge < -0.3 is 9.47 Å². The van der Waals surface area contributed by atoms with Gasteiger partial charge >= 0.3 is 0 Å². The van der Waals surface area contributed by atoms with Gasteiger partial charge in [0.15, 0.2) is 0 Å². The molecule has 24 heavy (non-hydrogen) atoms. The van der Waals surface area contributed by atoms with E-state index >= 15 is 0 Å². The molecule has 0 fully saturated rings. The molecule has 120 valence electrons. The highest BCUT2D eigenvalue weighted by molar-refractivity contribution is 6.14. The monoisotopic (exact) mass is 319 g/mol. The lowest BCUT2D eigenvalue weighted by atomic mass is 10.0. The van der Waals surface area contributed by atoms with Crippen LogP contribution in [0.5, 0.6) is 11.5 Å². The fraction of sp³-hybridized carbons (Fsp3) is 0.100. The molecule has 0 heterocycles. The minimum atomic E-state index is -0.348. The normalized spacial score (nSPS) is 10.6. The van der Waals surface area contributed by atoms with Crippen LogP contribution in [0.1, 0.15) is 15.9 Å². The number of allylic oxidation sites excluding steroid dienone is 1. The second kappa shape index (κ2) is 8.35. The molecule has 4 nitrogen and oxygen atoms in total. The van der Waals surface area contributed by atoms with Crippen molar-refractivity contribution in [3.05, 3.63) is 77.9 Å². The lowest BCUT2D eigenvalue weighted by Gasteiger charge is -2.07. The summed E-state index contributed by atoms with van der Waals surface area (Å²) in [5.74, 6) is 0.892. The minimum Gasteiger partial charge on any atom is -0.497 e. The first-order valence-corrected chi connectivity index (χ1v) is 7.33. The molecule has 0 saturated carbocycles. The third kappa shape index (κ3) is 4.11. The first-order valence-electron chi connectivity index (χ1n) is 7.33. The van der Waals surface area contributed by atoms with Gasteiger partial charge in [-0.2, -0.15) is 5.26 Å². The number of hydrogen-bond acceptors (Lipinski definition) is 4. The van der Waals surface area contributed by atoms with E-state index in [1.807, 2.05) is 18.2 Å². The number of benzene rings is 2. The molecule has 0 saturated heterocycles. The number of carbonyl (C=O) groups is 1. The maximum absolute atomic E-state index is 12.5. The number of methoxy groups -OCH3 is 1. The van der Waals surface area contributed by atoms with Crippen molar-refractivity contribution in [2.45, 2.75) is 0 Å². The van der Waals surface area contributed by atoms with E-state index in [2.05, 4.69) is 6.58 Å². The highest BCUT2D eigenvalue weighted by atomic mass is 16.5. The van der Waals surface area contributed by atoms with Crippen molar-refractivity contribution in [2.75, 3.05) is 13.7 Å². The summed E-state index contributed by atoms with van der Waals surface area (Å²) >= 11 is 0. The summed E-state index contributed by atoms with van der Waals surface area (Å²) in [5, 5.41) is 9.37. The summed E-state index contributed by atoms with van der Waals surface area (Å²) in [6.45, 7) is 3.95. The van der Waals surface area contributed by atoms with Crippen LogP contribution in [-0.2, 0) is 0 Å². The molecular weight excluding hydrogens is 302 g/mol. The number of para-hydroxylation sites is 1. The fourth-order valence-corrected chi connectivity index (χ4v) is 2.08. The van der Waals surface area contributed by atoms with Crippen molar-refractivity contribution >= 4 is 11.9 Å². The maximum atomic E-state index is 12.5. The average molecular weight is 319 g/mol. The predicted molar refractivity (Wildman–Crippen MR) is 93.0 cm³/mol. The Morgan fingerprint density at radius 2 is 1.92 bits per heavy atom. The van der Waals surface area contributed by atoms with Crippen molar-refractivity contribution in [3.63, 3.8) is 0 Å². The van der Waals surface area contributed by atoms with E-state index in [0.29, 0.717) is 29.2 Å². The van der Waals surface area contributed by atoms with Crippen molar-refractivity contribution < 1.29 is 14.3 Å². The first kappa shape index (κ1) is 17.0. The second-order valence-corrected chi connectivity index (χ2v) is 4.86. The van der Waals surface area contributed by atoms with Gasteiger partial charge in [-0.05, 0) is 36.4 Å². The van der Waals surface area contributed by atoms with E-state index in [4.69, 9.17) is 9.47 Å². The summed E-state index contributed by atoms with van der Waals surface area (Å²) in [7, 11) is 1.55. The third-order valence-electron chi connectivity index (χ3n) is 3.29. The van der Waals surface area contributed by atoms with Crippen LogP contribution in [0.25, 0.3) is 6.08 Å². The largest absolute Gasteiger partial charge is 0.497 e. The number of ketones is 1. The van der Waals surface area contributed by atoms with Gasteiger partial charge in [-0.1, -0.05) is 30.9 Å². The smallest absolute Gasteiger partial charge is 0.203 e. The van der Waals surface area contributed by atoms with Crippen LogP contribution in [0.3, 0.4) is 0 Å². The van der Waals surface area contributed by atoms with Crippen LogP contribution in [0, 0.1) is 11.3 Å². The van der Waals surface area contributed by atoms with Crippen LogP contribution in [0.15, 0.2) is 66.8 Å². The quantitative estimate of drug-likeness (QED) is 0.334. The van der Waals surface area contributed by atoms with Crippen molar-refractivity contribution in [1.29, 1.82) is 5.26 Å². The molecule has 0 N–H and O–H groups in total. The molecule has 0 amide bonds. The first-order chi connectivity index (χ1) is 11.7. The highest BCUT2D eigenvalue weighted by Gasteiger charge is 2.13. The van der Waals surface area contributed by atoms with Gasteiger partial charge in [0.05, 0.1) is 7.11 Å². The topological polar surface area (TPSA) is 59.3 Å². The van der Waals surface area contributed by atoms with E-state index in [1.165, 1.54) is 6.08 Å². The Hall–Kier alpha value is -3.32. The maximum Gasteiger partial charge on any atom is 0.203 e. The zero-order valence-corrected chi connectivity index (χ0v) is 13.4. The zero-order valence-electron chi connectivity index (χ0n) is 13.4. The molecule has 2 aromatic rings. The molecular formula is C20H17NO3. The van der Waals surface area contributed by atoms with Crippen molar-refractivity contribution in [2.24, 2.45) is 0 Å². The van der Waals surface area contributed by atoms with E-state index in [0.717, 1.165) is 0 Å². The fourth-order valence-electron chi connectivity index (χ4n) is 2.08.